The Hall–Kier alpha value is -5.90. The molecule has 1 aliphatic heterocycles. The van der Waals surface area contributed by atoms with Crippen LogP contribution in [0.4, 0.5) is 16.3 Å². The Kier molecular flexibility index (Phi) is 14.1. The molecule has 1 saturated carbocycles. The molecule has 16 heteroatoms. The lowest BCUT2D eigenvalue weighted by atomic mass is 9.81. The first-order valence-corrected chi connectivity index (χ1v) is 18.8. The fourth-order valence-electron chi connectivity index (χ4n) is 7.03. The lowest BCUT2D eigenvalue weighted by molar-refractivity contribution is -0.127. The Bertz CT molecular complexity index is 1870. The number of H-pyrrole nitrogens is 1. The molecule has 0 spiro atoms. The molecule has 2 aliphatic rings. The van der Waals surface area contributed by atoms with Gasteiger partial charge in [-0.05, 0) is 117 Å². The number of nitrogens with one attached hydrogen (secondary N) is 2. The summed E-state index contributed by atoms with van der Waals surface area (Å²) < 4.78 is 5.38. The third-order valence-corrected chi connectivity index (χ3v) is 10.1. The molecule has 2 aromatic heterocycles. The number of carboxylic acid groups (broad SMARTS) is 1. The van der Waals surface area contributed by atoms with Gasteiger partial charge in [0.05, 0.1) is 0 Å². The maximum Gasteiger partial charge on any atom is 0.407 e. The van der Waals surface area contributed by atoms with E-state index in [1.807, 2.05) is 63.4 Å². The van der Waals surface area contributed by atoms with Crippen LogP contribution in [0.25, 0.3) is 22.5 Å². The van der Waals surface area contributed by atoms with E-state index in [-0.39, 0.29) is 30.6 Å². The van der Waals surface area contributed by atoms with E-state index in [2.05, 4.69) is 54.9 Å². The molecular formula is C40H52N10O6. The number of likely N-dealkylation sites (N-methyl/N-ethyl adjacent to an activating group) is 1. The summed E-state index contributed by atoms with van der Waals surface area (Å²) in [4.78, 5) is 59.2. The van der Waals surface area contributed by atoms with Crippen molar-refractivity contribution < 1.29 is 29.0 Å². The van der Waals surface area contributed by atoms with E-state index in [1.54, 1.807) is 17.0 Å². The zero-order valence-electron chi connectivity index (χ0n) is 32.4. The Balaban J connectivity index is 0.00000194. The zero-order chi connectivity index (χ0) is 40.2. The molecule has 3 heterocycles. The van der Waals surface area contributed by atoms with Crippen LogP contribution in [-0.4, -0.2) is 111 Å². The van der Waals surface area contributed by atoms with Crippen molar-refractivity contribution in [2.24, 2.45) is 17.6 Å². The minimum Gasteiger partial charge on any atom is -0.483 e. The highest BCUT2D eigenvalue weighted by molar-refractivity contribution is 6.01. The van der Waals surface area contributed by atoms with Gasteiger partial charge < -0.3 is 30.7 Å². The van der Waals surface area contributed by atoms with E-state index in [1.165, 1.54) is 0 Å². The Labute approximate surface area is 326 Å². The minimum absolute atomic E-state index is 0.149. The van der Waals surface area contributed by atoms with Gasteiger partial charge in [-0.25, -0.2) is 14.9 Å². The van der Waals surface area contributed by atoms with Gasteiger partial charge in [-0.3, -0.25) is 19.3 Å². The summed E-state index contributed by atoms with van der Waals surface area (Å²) in [6.45, 7) is 9.66. The fourth-order valence-corrected chi connectivity index (χ4v) is 7.03. The lowest BCUT2D eigenvalue weighted by Gasteiger charge is -2.36. The number of aromatic amines is 1. The number of anilines is 2. The number of piperazine rings is 1. The van der Waals surface area contributed by atoms with Crippen LogP contribution in [0, 0.1) is 11.8 Å². The molecular weight excluding hydrogens is 717 g/mol. The largest absolute Gasteiger partial charge is 0.483 e. The van der Waals surface area contributed by atoms with Gasteiger partial charge in [0, 0.05) is 68.1 Å². The van der Waals surface area contributed by atoms with Crippen molar-refractivity contribution in [2.45, 2.75) is 64.5 Å². The molecule has 1 atom stereocenters. The van der Waals surface area contributed by atoms with E-state index < -0.39 is 23.6 Å². The van der Waals surface area contributed by atoms with Gasteiger partial charge >= 0.3 is 6.09 Å². The van der Waals surface area contributed by atoms with Crippen molar-refractivity contribution in [3.8, 4) is 22.5 Å². The highest BCUT2D eigenvalue weighted by atomic mass is 16.6. The molecule has 4 aromatic rings. The number of hydrogen-bond donors (Lipinski definition) is 4. The number of nitrogens with two attached hydrogens (primary N) is 1. The Morgan fingerprint density at radius 2 is 1.59 bits per heavy atom. The summed E-state index contributed by atoms with van der Waals surface area (Å²) in [5.74, 6) is 0.636. The van der Waals surface area contributed by atoms with Crippen molar-refractivity contribution in [1.29, 1.82) is 0 Å². The monoisotopic (exact) mass is 768 g/mol. The maximum atomic E-state index is 14.5. The van der Waals surface area contributed by atoms with Crippen molar-refractivity contribution in [3.63, 3.8) is 0 Å². The second-order valence-electron chi connectivity index (χ2n) is 15.2. The van der Waals surface area contributed by atoms with E-state index in [0.717, 1.165) is 67.1 Å². The molecule has 6 rings (SSSR count). The summed E-state index contributed by atoms with van der Waals surface area (Å²) in [5, 5.41) is 23.8. The topological polar surface area (TPSA) is 213 Å². The first-order valence-electron chi connectivity index (χ1n) is 18.8. The second-order valence-corrected chi connectivity index (χ2v) is 15.2. The number of aromatic nitrogens is 5. The molecule has 298 valence electrons. The van der Waals surface area contributed by atoms with Crippen LogP contribution in [-0.2, 0) is 25.5 Å². The van der Waals surface area contributed by atoms with Crippen LogP contribution in [0.15, 0.2) is 66.9 Å². The highest BCUT2D eigenvalue weighted by Gasteiger charge is 2.36. The van der Waals surface area contributed by atoms with Crippen LogP contribution in [0.5, 0.6) is 0 Å². The van der Waals surface area contributed by atoms with Crippen LogP contribution in [0.2, 0.25) is 0 Å². The number of hydrogen-bond acceptors (Lipinski definition) is 11. The van der Waals surface area contributed by atoms with Gasteiger partial charge in [0.1, 0.15) is 17.5 Å². The van der Waals surface area contributed by atoms with Crippen molar-refractivity contribution in [1.82, 2.24) is 35.8 Å². The Morgan fingerprint density at radius 3 is 2.14 bits per heavy atom. The molecule has 1 aliphatic carbocycles. The molecule has 0 bridgehead atoms. The molecule has 5 N–H and O–H groups in total. The molecule has 0 unspecified atom stereocenters. The predicted molar refractivity (Wildman–Crippen MR) is 212 cm³/mol. The van der Waals surface area contributed by atoms with Crippen molar-refractivity contribution in [3.05, 3.63) is 72.4 Å². The lowest BCUT2D eigenvalue weighted by Crippen LogP contribution is -2.52. The smallest absolute Gasteiger partial charge is 0.407 e. The van der Waals surface area contributed by atoms with Crippen molar-refractivity contribution >= 4 is 35.9 Å². The summed E-state index contributed by atoms with van der Waals surface area (Å²) in [7, 11) is 2.14. The van der Waals surface area contributed by atoms with Gasteiger partial charge in [0.25, 0.3) is 6.47 Å². The molecule has 3 amide bonds. The number of primary amides is 1. The normalized spacial score (nSPS) is 17.8. The number of tetrazole rings is 1. The van der Waals surface area contributed by atoms with E-state index in [4.69, 9.17) is 25.4 Å². The molecule has 2 aromatic carbocycles. The van der Waals surface area contributed by atoms with Gasteiger partial charge in [0.15, 0.2) is 5.82 Å². The van der Waals surface area contributed by atoms with Crippen LogP contribution < -0.4 is 20.9 Å². The van der Waals surface area contributed by atoms with E-state index in [0.29, 0.717) is 30.9 Å². The summed E-state index contributed by atoms with van der Waals surface area (Å²) in [5.41, 5.74) is 9.70. The predicted octanol–water partition coefficient (Wildman–Crippen LogP) is 4.14. The molecule has 56 heavy (non-hydrogen) atoms. The van der Waals surface area contributed by atoms with Crippen LogP contribution in [0.1, 0.15) is 52.0 Å². The third kappa shape index (κ3) is 11.3. The number of carbonyl (C=O) groups is 4. The summed E-state index contributed by atoms with van der Waals surface area (Å²) in [6.07, 6.45) is 4.45. The van der Waals surface area contributed by atoms with Gasteiger partial charge in [-0.1, -0.05) is 24.3 Å². The fraction of sp³-hybridized carbons (Fsp3) is 0.450. The summed E-state index contributed by atoms with van der Waals surface area (Å²) in [6, 6.07) is 18.4. The van der Waals surface area contributed by atoms with Gasteiger partial charge in [0.2, 0.25) is 11.8 Å². The molecule has 0 radical (unpaired) electrons. The number of pyridine rings is 1. The van der Waals surface area contributed by atoms with E-state index in [9.17, 15) is 14.4 Å². The number of amides is 3. The number of rotatable bonds is 11. The second kappa shape index (κ2) is 19.1. The number of carbonyl (C=O) groups excluding carboxylic acids is 3. The maximum absolute atomic E-state index is 14.5. The highest BCUT2D eigenvalue weighted by Crippen LogP contribution is 2.33. The minimum atomic E-state index is -0.928. The van der Waals surface area contributed by atoms with Crippen LogP contribution >= 0.6 is 0 Å². The molecule has 16 nitrogen and oxygen atoms in total. The quantitative estimate of drug-likeness (QED) is 0.159. The number of nitrogens with zero attached hydrogens (tertiary/aromatic N) is 7. The van der Waals surface area contributed by atoms with Crippen LogP contribution in [0.3, 0.4) is 0 Å². The first kappa shape index (κ1) is 41.3. The number of benzene rings is 2. The Morgan fingerprint density at radius 1 is 0.964 bits per heavy atom. The number of ether oxygens (including phenoxy) is 1. The van der Waals surface area contributed by atoms with E-state index >= 15 is 0 Å². The zero-order valence-corrected chi connectivity index (χ0v) is 32.4. The average Bonchev–Trinajstić information content (AvgIpc) is 3.73. The SMILES string of the molecule is CN1CCN(c2ccc(-c3ccc(C[C@@H](C(N)=O)N(c4ccc(-c5nnn[nH]5)cc4)C(=O)[C@H]4CC[C@H](CNC(=O)OC(C)(C)C)CC4)cc3)cn2)CC1.O=CO. The van der Waals surface area contributed by atoms with Gasteiger partial charge in [-0.2, -0.15) is 0 Å². The third-order valence-electron chi connectivity index (χ3n) is 10.1. The molecule has 2 fully saturated rings. The first-order chi connectivity index (χ1) is 26.8. The summed E-state index contributed by atoms with van der Waals surface area (Å²) >= 11 is 0. The average molecular weight is 769 g/mol. The van der Waals surface area contributed by atoms with Gasteiger partial charge in [-0.15, -0.1) is 5.10 Å². The number of alkyl carbamates (subject to hydrolysis) is 1. The molecule has 1 saturated heterocycles. The standard InChI is InChI=1S/C39H50N10O4.CH2O2/c1-39(2,3)53-38(52)42-24-27-7-11-30(12-8-27)37(51)49(32-16-13-29(14-17-32)36-43-45-46-44-36)33(35(40)50)23-26-5-9-28(10-6-26)31-15-18-34(41-25-31)48-21-19-47(4)20-22-48;2-1-3/h5-6,9-10,13-18,25,27,30,33H,7-8,11-12,19-24H2,1-4H3,(H2,40,50)(H,42,52)(H,43,44,45,46);1H,(H,2,3)/t27-,30-,33-;/m0./s1. The van der Waals surface area contributed by atoms with Crippen molar-refractivity contribution in [2.75, 3.05) is 49.6 Å².